The van der Waals surface area contributed by atoms with Crippen LogP contribution in [0, 0.1) is 12.1 Å². The number of benzene rings is 6. The van der Waals surface area contributed by atoms with Crippen molar-refractivity contribution in [3.63, 3.8) is 0 Å². The summed E-state index contributed by atoms with van der Waals surface area (Å²) in [6.45, 7) is 6.69. The van der Waals surface area contributed by atoms with Crippen molar-refractivity contribution in [2.45, 2.75) is 39.5 Å². The normalized spacial score (nSPS) is 12.6. The third-order valence-electron chi connectivity index (χ3n) is 10.4. The number of hydrogen-bond donors (Lipinski definition) is 0. The monoisotopic (exact) mass is 898 g/mol. The molecule has 0 aliphatic rings. The van der Waals surface area contributed by atoms with Gasteiger partial charge in [-0.15, -0.1) is 29.7 Å². The van der Waals surface area contributed by atoms with E-state index in [1.165, 1.54) is 21.3 Å². The summed E-state index contributed by atoms with van der Waals surface area (Å²) in [5, 5.41) is 2.19. The van der Waals surface area contributed by atoms with E-state index in [4.69, 9.17) is 9.10 Å². The maximum Gasteiger partial charge on any atom is 0.188 e. The zero-order chi connectivity index (χ0) is 39.4. The van der Waals surface area contributed by atoms with Crippen LogP contribution < -0.4 is 4.90 Å². The van der Waals surface area contributed by atoms with Crippen LogP contribution >= 0.6 is 0 Å². The fourth-order valence-corrected chi connectivity index (χ4v) is 7.84. The van der Waals surface area contributed by atoms with Crippen LogP contribution in [0.5, 0.6) is 0 Å². The molecule has 0 saturated carbocycles. The molecular weight excluding hydrogens is 854 g/mol. The van der Waals surface area contributed by atoms with E-state index in [1.54, 1.807) is 6.33 Å². The minimum absolute atomic E-state index is 0. The van der Waals surface area contributed by atoms with Gasteiger partial charge in [-0.25, -0.2) is 14.1 Å². The summed E-state index contributed by atoms with van der Waals surface area (Å²) in [5.74, 6) is 1.54. The van der Waals surface area contributed by atoms with E-state index in [1.807, 2.05) is 71.4 Å². The predicted molar refractivity (Wildman–Crippen MR) is 225 cm³/mol. The number of pyridine rings is 1. The number of rotatable bonds is 8. The van der Waals surface area contributed by atoms with Gasteiger partial charge in [0.1, 0.15) is 5.82 Å². The molecule has 0 radical (unpaired) electrons. The second-order valence-electron chi connectivity index (χ2n) is 14.4. The minimum Gasteiger partial charge on any atom is -0.358 e. The summed E-state index contributed by atoms with van der Waals surface area (Å²) in [7, 11) is 0. The Kier molecular flexibility index (Phi) is 8.79. The molecule has 6 aromatic carbocycles. The summed E-state index contributed by atoms with van der Waals surface area (Å²) in [6.07, 6.45) is 3.56. The molecule has 0 bridgehead atoms. The van der Waals surface area contributed by atoms with Crippen LogP contribution in [-0.2, 0) is 28.0 Å². The van der Waals surface area contributed by atoms with Crippen LogP contribution in [-0.4, -0.2) is 18.7 Å². The Morgan fingerprint density at radius 1 is 0.655 bits per heavy atom. The molecule has 55 heavy (non-hydrogen) atoms. The van der Waals surface area contributed by atoms with Crippen LogP contribution in [0.2, 0.25) is 0 Å². The molecule has 274 valence electrons. The molecule has 3 heterocycles. The molecule has 0 fully saturated rings. The second-order valence-corrected chi connectivity index (χ2v) is 14.4. The Bertz CT molecular complexity index is 2900. The number of aryl methyl sites for hydroxylation is 1. The van der Waals surface area contributed by atoms with Crippen molar-refractivity contribution in [1.29, 1.82) is 0 Å². The van der Waals surface area contributed by atoms with E-state index < -0.39 is 6.98 Å². The Hall–Kier alpha value is -5.77. The molecule has 9 aromatic rings. The zero-order valence-electron chi connectivity index (χ0n) is 34.1. The topological polar surface area (TPSA) is 30.9 Å². The van der Waals surface area contributed by atoms with Gasteiger partial charge in [-0.2, -0.15) is 12.1 Å². The standard InChI is InChI=1S/C49H42N5.Pt/c1-33(2)40-20-14-21-41(34(3)4)49(40)35-27-28-50-48(29-35)54-44-22-10-9-19-42(44)43-26-25-39(31-47(43)54)53(36-15-7-6-8-16-36)38-18-13-17-37(30-38)52-32-51(5)45-23-11-12-24-46(45)52;/h6-29,32-34H,1-5H3;/q-1;/i5D3;. The largest absolute Gasteiger partial charge is 0.358 e. The van der Waals surface area contributed by atoms with Gasteiger partial charge >= 0.3 is 0 Å². The third kappa shape index (κ3) is 6.37. The average molecular weight is 899 g/mol. The van der Waals surface area contributed by atoms with Crippen LogP contribution in [0.1, 0.15) is 54.8 Å². The van der Waals surface area contributed by atoms with E-state index in [-0.39, 0.29) is 21.1 Å². The van der Waals surface area contributed by atoms with E-state index in [9.17, 15) is 0 Å². The van der Waals surface area contributed by atoms with Crippen LogP contribution in [0.3, 0.4) is 0 Å². The number of anilines is 3. The predicted octanol–water partition coefficient (Wildman–Crippen LogP) is 12.7. The van der Waals surface area contributed by atoms with Gasteiger partial charge in [0.05, 0.1) is 0 Å². The van der Waals surface area contributed by atoms with Gasteiger partial charge in [0.25, 0.3) is 0 Å². The fourth-order valence-electron chi connectivity index (χ4n) is 7.84. The first-order chi connectivity index (χ1) is 27.6. The SMILES string of the molecule is [2H]C([2H])([2H])n1[cH+]n(-c2[c-]c(N(c3[c-]c4c(cc3)c3ccccc3n4-c3cc(-c4c(C(C)C)cccc4C(C)C)ccn3)c3ccccc3)ccc2)c2ccccc21.[Pt]. The molecule has 5 nitrogen and oxygen atoms in total. The van der Waals surface area contributed by atoms with Gasteiger partial charge in [0, 0.05) is 67.4 Å². The van der Waals surface area contributed by atoms with Crippen LogP contribution in [0.4, 0.5) is 17.1 Å². The first-order valence-corrected chi connectivity index (χ1v) is 18.5. The molecule has 6 heteroatoms. The van der Waals surface area contributed by atoms with E-state index in [0.717, 1.165) is 55.8 Å². The van der Waals surface area contributed by atoms with Gasteiger partial charge in [-0.05, 0) is 81.9 Å². The fraction of sp³-hybridized carbons (Fsp3) is 0.143. The van der Waals surface area contributed by atoms with Crippen LogP contribution in [0.25, 0.3) is 55.5 Å². The molecule has 0 unspecified atom stereocenters. The van der Waals surface area contributed by atoms with Gasteiger partial charge in [0.15, 0.2) is 17.4 Å². The van der Waals surface area contributed by atoms with Crippen molar-refractivity contribution in [3.05, 3.63) is 175 Å². The van der Waals surface area contributed by atoms with E-state index >= 15 is 0 Å². The van der Waals surface area contributed by atoms with Gasteiger partial charge < -0.3 is 9.47 Å². The summed E-state index contributed by atoms with van der Waals surface area (Å²) < 4.78 is 30.1. The quantitative estimate of drug-likeness (QED) is 0.142. The molecular formula is C49H42N5Pt-. The molecule has 0 amide bonds. The van der Waals surface area contributed by atoms with Crippen molar-refractivity contribution in [2.75, 3.05) is 4.90 Å². The number of para-hydroxylation sites is 4. The Balaban J connectivity index is 0.00000469. The number of aromatic nitrogens is 4. The number of imidazole rings is 1. The van der Waals surface area contributed by atoms with Crippen molar-refractivity contribution in [3.8, 4) is 22.6 Å². The summed E-state index contributed by atoms with van der Waals surface area (Å²) >= 11 is 0. The third-order valence-corrected chi connectivity index (χ3v) is 10.4. The van der Waals surface area contributed by atoms with Crippen molar-refractivity contribution in [2.24, 2.45) is 6.98 Å². The summed E-state index contributed by atoms with van der Waals surface area (Å²) in [6, 6.07) is 55.0. The van der Waals surface area contributed by atoms with Crippen molar-refractivity contribution >= 4 is 49.9 Å². The van der Waals surface area contributed by atoms with Crippen molar-refractivity contribution < 1.29 is 25.2 Å². The van der Waals surface area contributed by atoms with E-state index in [0.29, 0.717) is 23.0 Å². The van der Waals surface area contributed by atoms with Crippen LogP contribution in [0.15, 0.2) is 152 Å². The van der Waals surface area contributed by atoms with Gasteiger partial charge in [-0.3, -0.25) is 0 Å². The zero-order valence-corrected chi connectivity index (χ0v) is 33.4. The number of hydrogen-bond acceptors (Lipinski definition) is 2. The Morgan fingerprint density at radius 3 is 2.07 bits per heavy atom. The molecule has 0 aliphatic carbocycles. The molecule has 0 atom stereocenters. The molecule has 0 N–H and O–H groups in total. The Morgan fingerprint density at radius 2 is 1.33 bits per heavy atom. The van der Waals surface area contributed by atoms with E-state index in [2.05, 4.69) is 128 Å². The van der Waals surface area contributed by atoms with Gasteiger partial charge in [-0.1, -0.05) is 105 Å². The maximum atomic E-state index is 8.21. The minimum atomic E-state index is -2.34. The second kappa shape index (κ2) is 14.8. The summed E-state index contributed by atoms with van der Waals surface area (Å²) in [5.41, 5.74) is 11.7. The average Bonchev–Trinajstić information content (AvgIpc) is 3.78. The number of nitrogens with zero attached hydrogens (tertiary/aromatic N) is 5. The molecule has 9 rings (SSSR count). The first-order valence-electron chi connectivity index (χ1n) is 20.0. The molecule has 3 aromatic heterocycles. The van der Waals surface area contributed by atoms with Gasteiger partial charge in [0.2, 0.25) is 0 Å². The number of fused-ring (bicyclic) bond motifs is 4. The molecule has 0 spiro atoms. The smallest absolute Gasteiger partial charge is 0.188 e. The summed E-state index contributed by atoms with van der Waals surface area (Å²) in [4.78, 5) is 7.16. The Labute approximate surface area is 341 Å². The van der Waals surface area contributed by atoms with Crippen molar-refractivity contribution in [1.82, 2.24) is 18.7 Å². The first kappa shape index (κ1) is 32.6. The maximum absolute atomic E-state index is 8.21. The molecule has 0 aliphatic heterocycles. The molecule has 0 saturated heterocycles.